The Balaban J connectivity index is 1.51. The molecule has 31 heavy (non-hydrogen) atoms. The first-order valence-electron chi connectivity index (χ1n) is 9.64. The maximum absolute atomic E-state index is 11.1. The van der Waals surface area contributed by atoms with Crippen molar-refractivity contribution in [2.45, 2.75) is 12.8 Å². The van der Waals surface area contributed by atoms with Crippen LogP contribution in [-0.2, 0) is 17.6 Å². The van der Waals surface area contributed by atoms with Crippen molar-refractivity contribution in [2.75, 3.05) is 32.6 Å². The van der Waals surface area contributed by atoms with Gasteiger partial charge in [0.15, 0.2) is 11.1 Å². The van der Waals surface area contributed by atoms with Gasteiger partial charge in [-0.05, 0) is 36.6 Å². The molecule has 0 unspecified atom stereocenters. The van der Waals surface area contributed by atoms with Gasteiger partial charge in [0.2, 0.25) is 0 Å². The van der Waals surface area contributed by atoms with Gasteiger partial charge in [-0.15, -0.1) is 22.7 Å². The number of anilines is 1. The Labute approximate surface area is 189 Å². The molecule has 0 saturated carbocycles. The van der Waals surface area contributed by atoms with E-state index in [1.165, 1.54) is 18.4 Å². The van der Waals surface area contributed by atoms with Gasteiger partial charge in [0, 0.05) is 23.3 Å². The first-order chi connectivity index (χ1) is 15.1. The van der Waals surface area contributed by atoms with Crippen LogP contribution in [-0.4, -0.2) is 44.3 Å². The number of benzene rings is 1. The summed E-state index contributed by atoms with van der Waals surface area (Å²) in [6.45, 7) is 1.07. The summed E-state index contributed by atoms with van der Waals surface area (Å²) in [4.78, 5) is 22.3. The summed E-state index contributed by atoms with van der Waals surface area (Å²) in [6, 6.07) is 11.9. The van der Waals surface area contributed by atoms with Crippen LogP contribution in [0.2, 0.25) is 0 Å². The number of aromatic nitrogens is 1. The van der Waals surface area contributed by atoms with Crippen LogP contribution in [0, 0.1) is 0 Å². The second-order valence-corrected chi connectivity index (χ2v) is 8.45. The molecule has 0 bridgehead atoms. The summed E-state index contributed by atoms with van der Waals surface area (Å²) in [5.41, 5.74) is 7.99. The number of thiophene rings is 1. The van der Waals surface area contributed by atoms with E-state index in [1.807, 2.05) is 41.8 Å². The third-order valence-corrected chi connectivity index (χ3v) is 6.26. The lowest BCUT2D eigenvalue weighted by atomic mass is 10.1. The van der Waals surface area contributed by atoms with Gasteiger partial charge in [0.1, 0.15) is 5.75 Å². The molecule has 0 aliphatic heterocycles. The van der Waals surface area contributed by atoms with E-state index in [2.05, 4.69) is 25.3 Å². The molecule has 0 aliphatic rings. The molecule has 164 valence electrons. The summed E-state index contributed by atoms with van der Waals surface area (Å²) in [6.07, 6.45) is 1.05. The number of aliphatic imine (C=N–C) groups is 1. The molecule has 3 aromatic rings. The topological polar surface area (TPSA) is 111 Å². The number of carbonyl (C=O) groups excluding carboxylic acids is 1. The van der Waals surface area contributed by atoms with Crippen LogP contribution < -0.4 is 21.1 Å². The first-order valence-corrected chi connectivity index (χ1v) is 11.3. The third-order valence-electron chi connectivity index (χ3n) is 4.34. The fourth-order valence-electron chi connectivity index (χ4n) is 2.81. The summed E-state index contributed by atoms with van der Waals surface area (Å²) >= 11 is 3.12. The number of ether oxygens (including phenoxy) is 2. The lowest BCUT2D eigenvalue weighted by molar-refractivity contribution is 0.171. The van der Waals surface area contributed by atoms with Crippen molar-refractivity contribution in [1.82, 2.24) is 10.3 Å². The molecule has 0 fully saturated rings. The quantitative estimate of drug-likeness (QED) is 0.332. The summed E-state index contributed by atoms with van der Waals surface area (Å²) in [7, 11) is 3.01. The van der Waals surface area contributed by atoms with Crippen LogP contribution >= 0.6 is 22.7 Å². The number of carbonyl (C=O) groups is 1. The van der Waals surface area contributed by atoms with E-state index in [0.717, 1.165) is 39.6 Å². The summed E-state index contributed by atoms with van der Waals surface area (Å²) < 4.78 is 9.92. The fraction of sp³-hybridized carbons (Fsp3) is 0.286. The van der Waals surface area contributed by atoms with E-state index < -0.39 is 6.09 Å². The lowest BCUT2D eigenvalue weighted by Crippen LogP contribution is -2.24. The summed E-state index contributed by atoms with van der Waals surface area (Å²) in [5.74, 6) is 1.18. The van der Waals surface area contributed by atoms with Gasteiger partial charge < -0.3 is 25.8 Å². The highest BCUT2D eigenvalue weighted by Gasteiger charge is 2.09. The predicted molar refractivity (Wildman–Crippen MR) is 126 cm³/mol. The highest BCUT2D eigenvalue weighted by molar-refractivity contribution is 7.17. The van der Waals surface area contributed by atoms with Crippen molar-refractivity contribution in [2.24, 2.45) is 10.7 Å². The average Bonchev–Trinajstić information content (AvgIpc) is 3.43. The summed E-state index contributed by atoms with van der Waals surface area (Å²) in [5, 5.41) is 8.40. The predicted octanol–water partition coefficient (Wildman–Crippen LogP) is 3.75. The first kappa shape index (κ1) is 22.6. The molecule has 2 heterocycles. The zero-order valence-electron chi connectivity index (χ0n) is 17.4. The normalized spacial score (nSPS) is 11.2. The van der Waals surface area contributed by atoms with Gasteiger partial charge in [-0.2, -0.15) is 0 Å². The number of hydrogen-bond acceptors (Lipinski definition) is 7. The molecule has 8 nitrogen and oxygen atoms in total. The Morgan fingerprint density at radius 3 is 2.84 bits per heavy atom. The molecule has 0 radical (unpaired) electrons. The van der Waals surface area contributed by atoms with Crippen LogP contribution in [0.4, 0.5) is 9.93 Å². The number of rotatable bonds is 9. The number of amides is 1. The number of alkyl carbamates (subject to hydrolysis) is 1. The molecule has 0 spiro atoms. The number of guanidine groups is 1. The molecule has 2 aromatic heterocycles. The molecule has 0 atom stereocenters. The number of nitrogens with two attached hydrogens (primary N) is 1. The Morgan fingerprint density at radius 1 is 1.19 bits per heavy atom. The second-order valence-electron chi connectivity index (χ2n) is 6.43. The van der Waals surface area contributed by atoms with E-state index in [-0.39, 0.29) is 0 Å². The third kappa shape index (κ3) is 6.69. The molecule has 1 amide bonds. The van der Waals surface area contributed by atoms with Crippen molar-refractivity contribution in [3.8, 4) is 16.3 Å². The number of thiazole rings is 1. The van der Waals surface area contributed by atoms with Gasteiger partial charge in [-0.25, -0.2) is 9.78 Å². The molecule has 10 heteroatoms. The van der Waals surface area contributed by atoms with E-state index in [4.69, 9.17) is 10.5 Å². The van der Waals surface area contributed by atoms with Crippen LogP contribution in [0.25, 0.3) is 10.6 Å². The maximum atomic E-state index is 11.1. The molecule has 1 aromatic carbocycles. The maximum Gasteiger partial charge on any atom is 0.406 e. The van der Waals surface area contributed by atoms with Crippen molar-refractivity contribution in [3.63, 3.8) is 0 Å². The highest BCUT2D eigenvalue weighted by Crippen LogP contribution is 2.31. The Kier molecular flexibility index (Phi) is 8.25. The van der Waals surface area contributed by atoms with E-state index >= 15 is 0 Å². The van der Waals surface area contributed by atoms with Gasteiger partial charge in [0.25, 0.3) is 0 Å². The smallest absolute Gasteiger partial charge is 0.406 e. The standard InChI is InChI=1S/C21H25N5O3S2/c1-28-17-6-4-3-5-14(17)9-11-23-19(22)26-20-25-16(13-30-20)18-8-7-15(31-18)10-12-24-21(27)29-2/h3-8,13H,9-12H2,1-2H3,(H,24,27)(H3,22,23,25,26). The zero-order chi connectivity index (χ0) is 22.1. The van der Waals surface area contributed by atoms with Crippen LogP contribution in [0.1, 0.15) is 10.4 Å². The van der Waals surface area contributed by atoms with E-state index in [0.29, 0.717) is 24.2 Å². The average molecular weight is 460 g/mol. The Bertz CT molecular complexity index is 1030. The number of nitrogens with zero attached hydrogens (tertiary/aromatic N) is 2. The number of nitrogens with one attached hydrogen (secondary N) is 2. The minimum absolute atomic E-state index is 0.330. The van der Waals surface area contributed by atoms with Gasteiger partial charge in [-0.3, -0.25) is 4.99 Å². The van der Waals surface area contributed by atoms with Crippen molar-refractivity contribution >= 4 is 39.9 Å². The van der Waals surface area contributed by atoms with Crippen molar-refractivity contribution in [3.05, 3.63) is 52.2 Å². The minimum atomic E-state index is -0.422. The van der Waals surface area contributed by atoms with Crippen molar-refractivity contribution < 1.29 is 14.3 Å². The number of para-hydroxylation sites is 1. The largest absolute Gasteiger partial charge is 0.496 e. The van der Waals surface area contributed by atoms with Gasteiger partial charge >= 0.3 is 6.09 Å². The zero-order valence-corrected chi connectivity index (χ0v) is 19.0. The molecule has 0 aliphatic carbocycles. The van der Waals surface area contributed by atoms with Crippen molar-refractivity contribution in [1.29, 1.82) is 0 Å². The Hall–Kier alpha value is -3.11. The SMILES string of the molecule is COC(=O)NCCc1ccc(-c2csc(NC(N)=NCCc3ccccc3OC)n2)s1. The monoisotopic (exact) mass is 459 g/mol. The van der Waals surface area contributed by atoms with Crippen LogP contribution in [0.5, 0.6) is 5.75 Å². The van der Waals surface area contributed by atoms with Gasteiger partial charge in [0.05, 0.1) is 24.8 Å². The molecule has 3 rings (SSSR count). The van der Waals surface area contributed by atoms with E-state index in [9.17, 15) is 4.79 Å². The van der Waals surface area contributed by atoms with Crippen LogP contribution in [0.15, 0.2) is 46.8 Å². The second kappa shape index (κ2) is 11.3. The molecule has 4 N–H and O–H groups in total. The van der Waals surface area contributed by atoms with Gasteiger partial charge in [-0.1, -0.05) is 18.2 Å². The molecule has 0 saturated heterocycles. The number of methoxy groups -OCH3 is 2. The van der Waals surface area contributed by atoms with Crippen LogP contribution in [0.3, 0.4) is 0 Å². The lowest BCUT2D eigenvalue weighted by Gasteiger charge is -2.06. The minimum Gasteiger partial charge on any atom is -0.496 e. The Morgan fingerprint density at radius 2 is 2.03 bits per heavy atom. The van der Waals surface area contributed by atoms with E-state index in [1.54, 1.807) is 18.4 Å². The number of hydrogen-bond donors (Lipinski definition) is 3. The molecular weight excluding hydrogens is 434 g/mol. The fourth-order valence-corrected chi connectivity index (χ4v) is 4.57. The highest BCUT2D eigenvalue weighted by atomic mass is 32.1. The molecular formula is C21H25N5O3S2.